The molecule has 5 nitrogen and oxygen atoms in total. The first-order valence-corrected chi connectivity index (χ1v) is 6.87. The number of pyridine rings is 1. The topological polar surface area (TPSA) is 72.1 Å². The highest BCUT2D eigenvalue weighted by molar-refractivity contribution is 7.09. The first kappa shape index (κ1) is 13.6. The number of hydrogen-bond donors (Lipinski definition) is 1. The van der Waals surface area contributed by atoms with E-state index >= 15 is 0 Å². The fourth-order valence-electron chi connectivity index (χ4n) is 1.68. The number of hydrogen-bond acceptors (Lipinski definition) is 5. The quantitative estimate of drug-likeness (QED) is 0.893. The lowest BCUT2D eigenvalue weighted by molar-refractivity contribution is 0.0780. The summed E-state index contributed by atoms with van der Waals surface area (Å²) in [6.45, 7) is 1.10. The van der Waals surface area contributed by atoms with Crippen molar-refractivity contribution in [1.29, 1.82) is 0 Å². The molecule has 100 valence electrons. The lowest BCUT2D eigenvalue weighted by Crippen LogP contribution is -2.26. The smallest absolute Gasteiger partial charge is 0.273 e. The van der Waals surface area contributed by atoms with Crippen LogP contribution in [0.25, 0.3) is 0 Å². The summed E-state index contributed by atoms with van der Waals surface area (Å²) in [5.41, 5.74) is 7.01. The largest absolute Gasteiger partial charge is 0.336 e. The number of thiazole rings is 1. The fourth-order valence-corrected chi connectivity index (χ4v) is 2.46. The van der Waals surface area contributed by atoms with Gasteiger partial charge in [0.2, 0.25) is 0 Å². The molecule has 2 rings (SSSR count). The van der Waals surface area contributed by atoms with E-state index in [-0.39, 0.29) is 5.91 Å². The Bertz CT molecular complexity index is 541. The van der Waals surface area contributed by atoms with Crippen molar-refractivity contribution in [3.63, 3.8) is 0 Å². The van der Waals surface area contributed by atoms with Crippen molar-refractivity contribution in [2.24, 2.45) is 5.73 Å². The molecule has 0 aliphatic heterocycles. The minimum atomic E-state index is -0.0728. The molecule has 0 aromatic carbocycles. The van der Waals surface area contributed by atoms with E-state index in [4.69, 9.17) is 5.73 Å². The Balaban J connectivity index is 2.02. The molecular formula is C13H16N4OS. The zero-order chi connectivity index (χ0) is 13.7. The molecule has 0 fully saturated rings. The molecule has 0 unspecified atom stereocenters. The van der Waals surface area contributed by atoms with E-state index in [2.05, 4.69) is 9.97 Å². The van der Waals surface area contributed by atoms with E-state index < -0.39 is 0 Å². The maximum absolute atomic E-state index is 12.2. The normalized spacial score (nSPS) is 10.4. The van der Waals surface area contributed by atoms with Gasteiger partial charge in [0.05, 0.1) is 5.01 Å². The van der Waals surface area contributed by atoms with Gasteiger partial charge in [-0.1, -0.05) is 0 Å². The first-order valence-electron chi connectivity index (χ1n) is 5.99. The minimum absolute atomic E-state index is 0.0728. The summed E-state index contributed by atoms with van der Waals surface area (Å²) in [7, 11) is 1.77. The number of nitrogens with two attached hydrogens (primary N) is 1. The van der Waals surface area contributed by atoms with Gasteiger partial charge in [-0.15, -0.1) is 11.3 Å². The lowest BCUT2D eigenvalue weighted by Gasteiger charge is -2.15. The Morgan fingerprint density at radius 2 is 2.16 bits per heavy atom. The summed E-state index contributed by atoms with van der Waals surface area (Å²) in [4.78, 5) is 22.1. The second-order valence-electron chi connectivity index (χ2n) is 4.18. The molecule has 0 aliphatic rings. The van der Waals surface area contributed by atoms with E-state index in [0.29, 0.717) is 25.2 Å². The van der Waals surface area contributed by atoms with Gasteiger partial charge in [-0.05, 0) is 24.2 Å². The predicted molar refractivity (Wildman–Crippen MR) is 74.9 cm³/mol. The Labute approximate surface area is 116 Å². The number of amides is 1. The second kappa shape index (κ2) is 6.40. The molecular weight excluding hydrogens is 260 g/mol. The molecule has 19 heavy (non-hydrogen) atoms. The van der Waals surface area contributed by atoms with Crippen LogP contribution in [0.15, 0.2) is 29.9 Å². The van der Waals surface area contributed by atoms with Crippen LogP contribution in [-0.2, 0) is 13.0 Å². The molecule has 0 bridgehead atoms. The maximum atomic E-state index is 12.2. The standard InChI is InChI=1S/C13H16N4OS/c1-17(8-10-3-6-15-7-4-10)13(18)11-9-19-12(16-11)2-5-14/h3-4,6-7,9H,2,5,8,14H2,1H3. The van der Waals surface area contributed by atoms with Crippen molar-refractivity contribution < 1.29 is 4.79 Å². The highest BCUT2D eigenvalue weighted by atomic mass is 32.1. The molecule has 2 heterocycles. The maximum Gasteiger partial charge on any atom is 0.273 e. The fraction of sp³-hybridized carbons (Fsp3) is 0.308. The van der Waals surface area contributed by atoms with Gasteiger partial charge in [0.25, 0.3) is 5.91 Å². The van der Waals surface area contributed by atoms with Crippen molar-refractivity contribution in [2.45, 2.75) is 13.0 Å². The van der Waals surface area contributed by atoms with Gasteiger partial charge < -0.3 is 10.6 Å². The predicted octanol–water partition coefficient (Wildman–Crippen LogP) is 1.31. The first-order chi connectivity index (χ1) is 9.20. The summed E-state index contributed by atoms with van der Waals surface area (Å²) >= 11 is 1.48. The van der Waals surface area contributed by atoms with Crippen molar-refractivity contribution in [3.8, 4) is 0 Å². The van der Waals surface area contributed by atoms with Crippen LogP contribution in [-0.4, -0.2) is 34.4 Å². The van der Waals surface area contributed by atoms with Crippen molar-refractivity contribution in [3.05, 3.63) is 46.2 Å². The molecule has 2 N–H and O–H groups in total. The van der Waals surface area contributed by atoms with Crippen LogP contribution in [0.1, 0.15) is 21.1 Å². The summed E-state index contributed by atoms with van der Waals surface area (Å²) in [6, 6.07) is 3.79. The van der Waals surface area contributed by atoms with Gasteiger partial charge in [0.1, 0.15) is 5.69 Å². The third-order valence-electron chi connectivity index (χ3n) is 2.64. The van der Waals surface area contributed by atoms with Crippen LogP contribution in [0.3, 0.4) is 0 Å². The number of carbonyl (C=O) groups excluding carboxylic acids is 1. The van der Waals surface area contributed by atoms with E-state index in [1.165, 1.54) is 11.3 Å². The van der Waals surface area contributed by atoms with E-state index in [1.807, 2.05) is 12.1 Å². The molecule has 0 radical (unpaired) electrons. The molecule has 0 aliphatic carbocycles. The number of nitrogens with zero attached hydrogens (tertiary/aromatic N) is 3. The van der Waals surface area contributed by atoms with Gasteiger partial charge >= 0.3 is 0 Å². The van der Waals surface area contributed by atoms with Crippen molar-refractivity contribution >= 4 is 17.2 Å². The van der Waals surface area contributed by atoms with E-state index in [9.17, 15) is 4.79 Å². The SMILES string of the molecule is CN(Cc1ccncc1)C(=O)c1csc(CCN)n1. The van der Waals surface area contributed by atoms with Crippen molar-refractivity contribution in [1.82, 2.24) is 14.9 Å². The highest BCUT2D eigenvalue weighted by Gasteiger charge is 2.15. The summed E-state index contributed by atoms with van der Waals surface area (Å²) in [5.74, 6) is -0.0728. The zero-order valence-electron chi connectivity index (χ0n) is 10.7. The summed E-state index contributed by atoms with van der Waals surface area (Å²) < 4.78 is 0. The van der Waals surface area contributed by atoms with Crippen LogP contribution < -0.4 is 5.73 Å². The van der Waals surface area contributed by atoms with Gasteiger partial charge in [-0.25, -0.2) is 4.98 Å². The van der Waals surface area contributed by atoms with Gasteiger partial charge in [0, 0.05) is 37.8 Å². The third kappa shape index (κ3) is 3.59. The second-order valence-corrected chi connectivity index (χ2v) is 5.12. The van der Waals surface area contributed by atoms with Crippen LogP contribution in [0, 0.1) is 0 Å². The van der Waals surface area contributed by atoms with Crippen LogP contribution in [0.5, 0.6) is 0 Å². The molecule has 0 saturated carbocycles. The van der Waals surface area contributed by atoms with Gasteiger partial charge in [0.15, 0.2) is 0 Å². The van der Waals surface area contributed by atoms with Crippen LogP contribution >= 0.6 is 11.3 Å². The molecule has 0 saturated heterocycles. The summed E-state index contributed by atoms with van der Waals surface area (Å²) in [5, 5.41) is 2.69. The van der Waals surface area contributed by atoms with Crippen LogP contribution in [0.4, 0.5) is 0 Å². The molecule has 1 amide bonds. The van der Waals surface area contributed by atoms with E-state index in [0.717, 1.165) is 10.6 Å². The lowest BCUT2D eigenvalue weighted by atomic mass is 10.2. The Hall–Kier alpha value is -1.79. The molecule has 0 spiro atoms. The molecule has 2 aromatic heterocycles. The Morgan fingerprint density at radius 1 is 1.42 bits per heavy atom. The van der Waals surface area contributed by atoms with Crippen molar-refractivity contribution in [2.75, 3.05) is 13.6 Å². The third-order valence-corrected chi connectivity index (χ3v) is 3.55. The molecule has 2 aromatic rings. The molecule has 0 atom stereocenters. The monoisotopic (exact) mass is 276 g/mol. The summed E-state index contributed by atoms with van der Waals surface area (Å²) in [6.07, 6.45) is 4.15. The zero-order valence-corrected chi connectivity index (χ0v) is 11.6. The van der Waals surface area contributed by atoms with Crippen LogP contribution in [0.2, 0.25) is 0 Å². The number of carbonyl (C=O) groups is 1. The van der Waals surface area contributed by atoms with Gasteiger partial charge in [-0.2, -0.15) is 0 Å². The Kier molecular flexibility index (Phi) is 4.59. The number of aromatic nitrogens is 2. The average molecular weight is 276 g/mol. The van der Waals surface area contributed by atoms with Gasteiger partial charge in [-0.3, -0.25) is 9.78 Å². The highest BCUT2D eigenvalue weighted by Crippen LogP contribution is 2.13. The Morgan fingerprint density at radius 3 is 2.84 bits per heavy atom. The molecule has 6 heteroatoms. The number of rotatable bonds is 5. The van der Waals surface area contributed by atoms with E-state index in [1.54, 1.807) is 29.7 Å². The minimum Gasteiger partial charge on any atom is -0.336 e. The average Bonchev–Trinajstić information content (AvgIpc) is 2.88.